The molecular formula is C7H9N3. The van der Waals surface area contributed by atoms with Crippen molar-refractivity contribution in [3.05, 3.63) is 17.5 Å². The molecule has 0 amide bonds. The molecule has 0 atom stereocenters. The number of nitriles is 1. The van der Waals surface area contributed by atoms with Gasteiger partial charge >= 0.3 is 0 Å². The van der Waals surface area contributed by atoms with Gasteiger partial charge in [-0.1, -0.05) is 0 Å². The van der Waals surface area contributed by atoms with Crippen molar-refractivity contribution in [1.82, 2.24) is 9.78 Å². The fraction of sp³-hybridized carbons (Fsp3) is 0.429. The van der Waals surface area contributed by atoms with Gasteiger partial charge in [0.05, 0.1) is 5.69 Å². The summed E-state index contributed by atoms with van der Waals surface area (Å²) in [4.78, 5) is 0. The lowest BCUT2D eigenvalue weighted by Gasteiger charge is -1.93. The van der Waals surface area contributed by atoms with E-state index < -0.39 is 0 Å². The van der Waals surface area contributed by atoms with Crippen molar-refractivity contribution < 1.29 is 0 Å². The van der Waals surface area contributed by atoms with Gasteiger partial charge in [-0.05, 0) is 19.9 Å². The van der Waals surface area contributed by atoms with Gasteiger partial charge in [-0.3, -0.25) is 4.68 Å². The number of nitrogens with zero attached hydrogens (tertiary/aromatic N) is 3. The lowest BCUT2D eigenvalue weighted by atomic mass is 10.4. The molecular weight excluding hydrogens is 126 g/mol. The van der Waals surface area contributed by atoms with Crippen LogP contribution < -0.4 is 0 Å². The van der Waals surface area contributed by atoms with Crippen molar-refractivity contribution in [3.8, 4) is 6.07 Å². The average Bonchev–Trinajstić information content (AvgIpc) is 2.30. The van der Waals surface area contributed by atoms with Gasteiger partial charge in [0, 0.05) is 6.54 Å². The highest BCUT2D eigenvalue weighted by Crippen LogP contribution is 2.00. The van der Waals surface area contributed by atoms with Gasteiger partial charge < -0.3 is 0 Å². The summed E-state index contributed by atoms with van der Waals surface area (Å²) in [5.74, 6) is 0. The second-order valence-electron chi connectivity index (χ2n) is 2.10. The number of aromatic nitrogens is 2. The van der Waals surface area contributed by atoms with Crippen LogP contribution >= 0.6 is 0 Å². The highest BCUT2D eigenvalue weighted by Gasteiger charge is 1.99. The van der Waals surface area contributed by atoms with Crippen molar-refractivity contribution in [1.29, 1.82) is 5.26 Å². The third-order valence-electron chi connectivity index (χ3n) is 1.32. The topological polar surface area (TPSA) is 41.6 Å². The van der Waals surface area contributed by atoms with Crippen molar-refractivity contribution in [3.63, 3.8) is 0 Å². The van der Waals surface area contributed by atoms with E-state index in [1.165, 1.54) is 0 Å². The van der Waals surface area contributed by atoms with Crippen molar-refractivity contribution in [2.75, 3.05) is 0 Å². The lowest BCUT2D eigenvalue weighted by molar-refractivity contribution is 0.645. The molecule has 1 rings (SSSR count). The van der Waals surface area contributed by atoms with Gasteiger partial charge in [-0.2, -0.15) is 10.4 Å². The molecule has 1 aromatic heterocycles. The first-order chi connectivity index (χ1) is 4.77. The Morgan fingerprint density at radius 3 is 2.90 bits per heavy atom. The zero-order valence-electron chi connectivity index (χ0n) is 6.13. The summed E-state index contributed by atoms with van der Waals surface area (Å²) in [7, 11) is 0. The van der Waals surface area contributed by atoms with E-state index in [-0.39, 0.29) is 0 Å². The van der Waals surface area contributed by atoms with Gasteiger partial charge in [0.25, 0.3) is 0 Å². The van der Waals surface area contributed by atoms with E-state index in [1.54, 1.807) is 10.7 Å². The van der Waals surface area contributed by atoms with E-state index >= 15 is 0 Å². The van der Waals surface area contributed by atoms with Gasteiger partial charge in [-0.15, -0.1) is 0 Å². The van der Waals surface area contributed by atoms with E-state index in [2.05, 4.69) is 11.2 Å². The summed E-state index contributed by atoms with van der Waals surface area (Å²) in [6.45, 7) is 4.61. The molecule has 0 aliphatic carbocycles. The molecule has 0 saturated carbocycles. The molecule has 10 heavy (non-hydrogen) atoms. The lowest BCUT2D eigenvalue weighted by Crippen LogP contribution is -1.98. The summed E-state index contributed by atoms with van der Waals surface area (Å²) >= 11 is 0. The molecule has 3 heteroatoms. The van der Waals surface area contributed by atoms with Gasteiger partial charge in [0.2, 0.25) is 0 Å². The van der Waals surface area contributed by atoms with Crippen LogP contribution in [0.3, 0.4) is 0 Å². The highest BCUT2D eigenvalue weighted by atomic mass is 15.3. The third-order valence-corrected chi connectivity index (χ3v) is 1.32. The van der Waals surface area contributed by atoms with Crippen LogP contribution in [0.25, 0.3) is 0 Å². The Kier molecular flexibility index (Phi) is 1.72. The van der Waals surface area contributed by atoms with Crippen LogP contribution in [-0.4, -0.2) is 9.78 Å². The fourth-order valence-electron chi connectivity index (χ4n) is 0.877. The molecule has 0 aliphatic heterocycles. The minimum atomic E-state index is 0.639. The zero-order chi connectivity index (χ0) is 7.56. The first-order valence-electron chi connectivity index (χ1n) is 3.22. The zero-order valence-corrected chi connectivity index (χ0v) is 6.13. The first kappa shape index (κ1) is 6.81. The summed E-state index contributed by atoms with van der Waals surface area (Å²) in [5.41, 5.74) is 1.54. The van der Waals surface area contributed by atoms with E-state index in [0.29, 0.717) is 5.69 Å². The predicted octanol–water partition coefficient (Wildman–Crippen LogP) is 1.08. The Morgan fingerprint density at radius 1 is 1.80 bits per heavy atom. The Balaban J connectivity index is 3.12. The molecule has 0 spiro atoms. The molecule has 3 nitrogen and oxygen atoms in total. The van der Waals surface area contributed by atoms with Gasteiger partial charge in [0.1, 0.15) is 11.8 Å². The summed E-state index contributed by atoms with van der Waals surface area (Å²) in [6.07, 6.45) is 0. The second-order valence-corrected chi connectivity index (χ2v) is 2.10. The van der Waals surface area contributed by atoms with E-state index in [4.69, 9.17) is 5.26 Å². The smallest absolute Gasteiger partial charge is 0.138 e. The van der Waals surface area contributed by atoms with Crippen LogP contribution in [-0.2, 0) is 6.54 Å². The summed E-state index contributed by atoms with van der Waals surface area (Å²) in [5, 5.41) is 12.6. The number of rotatable bonds is 1. The molecule has 0 aliphatic rings. The van der Waals surface area contributed by atoms with Crippen LogP contribution in [0.15, 0.2) is 6.07 Å². The monoisotopic (exact) mass is 135 g/mol. The highest BCUT2D eigenvalue weighted by molar-refractivity contribution is 5.22. The van der Waals surface area contributed by atoms with Crippen molar-refractivity contribution >= 4 is 0 Å². The van der Waals surface area contributed by atoms with Crippen LogP contribution in [0.2, 0.25) is 0 Å². The minimum Gasteiger partial charge on any atom is -0.255 e. The van der Waals surface area contributed by atoms with Crippen LogP contribution in [0, 0.1) is 18.3 Å². The number of hydrogen-bond donors (Lipinski definition) is 0. The van der Waals surface area contributed by atoms with Crippen molar-refractivity contribution in [2.24, 2.45) is 0 Å². The normalized spacial score (nSPS) is 9.30. The van der Waals surface area contributed by atoms with Crippen LogP contribution in [0.5, 0.6) is 0 Å². The summed E-state index contributed by atoms with van der Waals surface area (Å²) < 4.78 is 1.69. The standard InChI is InChI=1S/C7H9N3/c1-3-10-7(5-8)4-6(2)9-10/h4H,3H2,1-2H3. The molecule has 0 unspecified atom stereocenters. The number of aryl methyl sites for hydroxylation is 2. The molecule has 0 fully saturated rings. The molecule has 0 N–H and O–H groups in total. The van der Waals surface area contributed by atoms with Crippen LogP contribution in [0.1, 0.15) is 18.3 Å². The molecule has 1 heterocycles. The Labute approximate surface area is 59.9 Å². The first-order valence-corrected chi connectivity index (χ1v) is 3.22. The van der Waals surface area contributed by atoms with Crippen LogP contribution in [0.4, 0.5) is 0 Å². The number of hydrogen-bond acceptors (Lipinski definition) is 2. The maximum atomic E-state index is 8.55. The van der Waals surface area contributed by atoms with Gasteiger partial charge in [-0.25, -0.2) is 0 Å². The largest absolute Gasteiger partial charge is 0.255 e. The maximum Gasteiger partial charge on any atom is 0.138 e. The molecule has 52 valence electrons. The maximum absolute atomic E-state index is 8.55. The quantitative estimate of drug-likeness (QED) is 0.578. The van der Waals surface area contributed by atoms with E-state index in [1.807, 2.05) is 13.8 Å². The second kappa shape index (κ2) is 2.53. The molecule has 0 bridgehead atoms. The molecule has 0 saturated heterocycles. The molecule has 0 radical (unpaired) electrons. The van der Waals surface area contributed by atoms with Crippen molar-refractivity contribution in [2.45, 2.75) is 20.4 Å². The Hall–Kier alpha value is -1.30. The molecule has 1 aromatic rings. The fourth-order valence-corrected chi connectivity index (χ4v) is 0.877. The Bertz CT molecular complexity index is 267. The molecule has 0 aromatic carbocycles. The third kappa shape index (κ3) is 1.01. The Morgan fingerprint density at radius 2 is 2.50 bits per heavy atom. The summed E-state index contributed by atoms with van der Waals surface area (Å²) in [6, 6.07) is 3.85. The van der Waals surface area contributed by atoms with Gasteiger partial charge in [0.15, 0.2) is 0 Å². The van der Waals surface area contributed by atoms with E-state index in [9.17, 15) is 0 Å². The minimum absolute atomic E-state index is 0.639. The predicted molar refractivity (Wildman–Crippen MR) is 37.4 cm³/mol. The SMILES string of the molecule is CCn1nc(C)cc1C#N. The van der Waals surface area contributed by atoms with E-state index in [0.717, 1.165) is 12.2 Å². The average molecular weight is 135 g/mol.